The second-order valence-corrected chi connectivity index (χ2v) is 16.1. The molecule has 2 aromatic rings. The lowest BCUT2D eigenvalue weighted by molar-refractivity contribution is -0.141. The third-order valence-electron chi connectivity index (χ3n) is 11.0. The van der Waals surface area contributed by atoms with Gasteiger partial charge in [0.2, 0.25) is 0 Å². The van der Waals surface area contributed by atoms with Gasteiger partial charge in [0, 0.05) is 45.2 Å². The number of carbonyl (C=O) groups is 2. The molecule has 0 aromatic heterocycles. The normalized spacial score (nSPS) is 19.0. The number of aliphatic hydroxyl groups is 6. The Kier molecular flexibility index (Phi) is 20.3. The summed E-state index contributed by atoms with van der Waals surface area (Å²) in [4.78, 5) is 31.4. The predicted octanol–water partition coefficient (Wildman–Crippen LogP) is 4.76. The highest BCUT2D eigenvalue weighted by Gasteiger charge is 2.41. The quantitative estimate of drug-likeness (QED) is 0.0797. The van der Waals surface area contributed by atoms with Gasteiger partial charge in [0.1, 0.15) is 36.6 Å². The van der Waals surface area contributed by atoms with Crippen LogP contribution in [0.15, 0.2) is 33.2 Å². The van der Waals surface area contributed by atoms with Crippen LogP contribution in [0.5, 0.6) is 0 Å². The molecular formula is C38H58Br2Cl2N4O8. The van der Waals surface area contributed by atoms with Gasteiger partial charge in [-0.25, -0.2) is 0 Å². The van der Waals surface area contributed by atoms with Gasteiger partial charge in [-0.2, -0.15) is 0 Å². The van der Waals surface area contributed by atoms with Crippen molar-refractivity contribution in [3.8, 4) is 0 Å². The fourth-order valence-corrected chi connectivity index (χ4v) is 8.66. The van der Waals surface area contributed by atoms with Crippen LogP contribution in [0.4, 0.5) is 11.4 Å². The van der Waals surface area contributed by atoms with E-state index in [4.69, 9.17) is 11.5 Å². The molecule has 0 amide bonds. The second kappa shape index (κ2) is 22.5. The molecule has 0 aliphatic heterocycles. The summed E-state index contributed by atoms with van der Waals surface area (Å²) in [6.07, 6.45) is -2.38. The van der Waals surface area contributed by atoms with Crippen molar-refractivity contribution in [1.29, 1.82) is 0 Å². The monoisotopic (exact) mass is 926 g/mol. The Morgan fingerprint density at radius 1 is 0.611 bits per heavy atom. The van der Waals surface area contributed by atoms with Crippen molar-refractivity contribution >= 4 is 79.6 Å². The van der Waals surface area contributed by atoms with Gasteiger partial charge in [-0.15, -0.1) is 24.8 Å². The van der Waals surface area contributed by atoms with Gasteiger partial charge >= 0.3 is 0 Å². The number of benzene rings is 2. The van der Waals surface area contributed by atoms with E-state index < -0.39 is 48.2 Å². The van der Waals surface area contributed by atoms with Crippen LogP contribution >= 0.6 is 56.7 Å². The van der Waals surface area contributed by atoms with Crippen LogP contribution in [-0.4, -0.2) is 114 Å². The van der Waals surface area contributed by atoms with Crippen molar-refractivity contribution < 1.29 is 40.2 Å². The maximum absolute atomic E-state index is 13.4. The van der Waals surface area contributed by atoms with Crippen molar-refractivity contribution in [2.75, 3.05) is 24.6 Å². The van der Waals surface area contributed by atoms with E-state index in [0.717, 1.165) is 64.5 Å². The molecule has 2 aliphatic carbocycles. The highest BCUT2D eigenvalue weighted by atomic mass is 79.9. The van der Waals surface area contributed by atoms with Crippen molar-refractivity contribution in [3.05, 3.63) is 55.5 Å². The number of rotatable bonds is 17. The molecule has 2 fully saturated rings. The molecule has 4 rings (SSSR count). The minimum Gasteiger partial charge on any atom is -0.398 e. The Labute approximate surface area is 347 Å². The van der Waals surface area contributed by atoms with Gasteiger partial charge in [0.25, 0.3) is 0 Å². The summed E-state index contributed by atoms with van der Waals surface area (Å²) in [5.74, 6) is -1.91. The SMILES string of the molecule is CCN(Cc1cc(C(=O)C(O)[C@@H](O)[C@@H](O)[C@H](O)[C@H](O)C(O)C(=O)c2cc(Br)c(N)c(CN(CC)C3CCCCC3)c2)cc(Br)c1N)C1CCCCC1.Cl.Cl. The number of nitrogens with two attached hydrogens (primary N) is 2. The zero-order valence-electron chi connectivity index (χ0n) is 30.9. The van der Waals surface area contributed by atoms with Crippen LogP contribution in [0.1, 0.15) is 110 Å². The van der Waals surface area contributed by atoms with Crippen molar-refractivity contribution in [2.45, 2.75) is 140 Å². The fraction of sp³-hybridized carbons (Fsp3) is 0.632. The first kappa shape index (κ1) is 48.7. The number of hydrogen-bond donors (Lipinski definition) is 8. The molecule has 0 radical (unpaired) electrons. The number of halogens is 4. The lowest BCUT2D eigenvalue weighted by atomic mass is 9.90. The first-order chi connectivity index (χ1) is 24.7. The molecule has 6 atom stereocenters. The maximum atomic E-state index is 13.4. The Balaban J connectivity index is 0.00000504. The van der Waals surface area contributed by atoms with E-state index in [-0.39, 0.29) is 35.9 Å². The second-order valence-electron chi connectivity index (χ2n) is 14.4. The van der Waals surface area contributed by atoms with Crippen molar-refractivity contribution in [1.82, 2.24) is 9.80 Å². The molecule has 0 bridgehead atoms. The number of Topliss-reactive ketones (excluding diaryl/α,β-unsaturated/α-hetero) is 2. The summed E-state index contributed by atoms with van der Waals surface area (Å²) in [5, 5.41) is 64.9. The molecule has 2 aliphatic rings. The van der Waals surface area contributed by atoms with E-state index >= 15 is 0 Å². The zero-order chi connectivity index (χ0) is 38.3. The first-order valence-electron chi connectivity index (χ1n) is 18.5. The lowest BCUT2D eigenvalue weighted by Crippen LogP contribution is -2.54. The largest absolute Gasteiger partial charge is 0.398 e. The van der Waals surface area contributed by atoms with Crippen molar-refractivity contribution in [2.24, 2.45) is 0 Å². The molecule has 10 N–H and O–H groups in total. The highest BCUT2D eigenvalue weighted by molar-refractivity contribution is 9.11. The Hall–Kier alpha value is -1.40. The van der Waals surface area contributed by atoms with Crippen LogP contribution in [0.2, 0.25) is 0 Å². The molecule has 0 spiro atoms. The van der Waals surface area contributed by atoms with Gasteiger partial charge in [-0.1, -0.05) is 52.4 Å². The van der Waals surface area contributed by atoms with E-state index in [1.54, 1.807) is 0 Å². The number of hydrogen-bond acceptors (Lipinski definition) is 12. The Bertz CT molecular complexity index is 1420. The average molecular weight is 930 g/mol. The molecule has 54 heavy (non-hydrogen) atoms. The molecule has 0 heterocycles. The summed E-state index contributed by atoms with van der Waals surface area (Å²) in [7, 11) is 0. The molecule has 306 valence electrons. The van der Waals surface area contributed by atoms with Gasteiger partial charge in [-0.05, 0) is 106 Å². The summed E-state index contributed by atoms with van der Waals surface area (Å²) in [6, 6.07) is 6.66. The topological polar surface area (TPSA) is 214 Å². The minimum atomic E-state index is -2.32. The Morgan fingerprint density at radius 3 is 1.22 bits per heavy atom. The first-order valence-corrected chi connectivity index (χ1v) is 20.1. The summed E-state index contributed by atoms with van der Waals surface area (Å²) in [5.41, 5.74) is 14.9. The number of aliphatic hydroxyl groups excluding tert-OH is 6. The molecular weight excluding hydrogens is 871 g/mol. The summed E-state index contributed by atoms with van der Waals surface area (Å²) in [6.45, 7) is 6.60. The van der Waals surface area contributed by atoms with E-state index in [0.29, 0.717) is 56.6 Å². The van der Waals surface area contributed by atoms with Crippen LogP contribution in [0.3, 0.4) is 0 Å². The van der Waals surface area contributed by atoms with Crippen molar-refractivity contribution in [3.63, 3.8) is 0 Å². The number of ketones is 2. The summed E-state index contributed by atoms with van der Waals surface area (Å²) >= 11 is 6.78. The van der Waals surface area contributed by atoms with Gasteiger partial charge in [0.15, 0.2) is 11.6 Å². The van der Waals surface area contributed by atoms with E-state index in [2.05, 4.69) is 55.5 Å². The van der Waals surface area contributed by atoms with E-state index in [1.807, 2.05) is 0 Å². The van der Waals surface area contributed by atoms with Gasteiger partial charge in [-0.3, -0.25) is 19.4 Å². The molecule has 2 unspecified atom stereocenters. The third-order valence-corrected chi connectivity index (χ3v) is 12.3. The lowest BCUT2D eigenvalue weighted by Gasteiger charge is -2.34. The Morgan fingerprint density at radius 2 is 0.926 bits per heavy atom. The van der Waals surface area contributed by atoms with E-state index in [1.165, 1.54) is 37.1 Å². The standard InChI is InChI=1S/C38H56Br2N4O8.2ClH/c1-3-43(25-11-7-5-8-12-25)19-23-15-21(17-27(39)29(23)41)31(45)33(47)35(49)37(51)38(52)36(50)34(48)32(46)22-16-24(30(42)28(40)18-22)20-44(4-2)26-13-9-6-10-14-26;;/h15-18,25-26,33-38,47-52H,3-14,19-20,41-42H2,1-2H3;2*1H/t33?,34?,35-,36-,37-,38-;;/m1../s1. The van der Waals surface area contributed by atoms with Crippen LogP contribution in [0, 0.1) is 0 Å². The minimum absolute atomic E-state index is 0. The average Bonchev–Trinajstić information content (AvgIpc) is 3.17. The van der Waals surface area contributed by atoms with Crippen LogP contribution in [-0.2, 0) is 13.1 Å². The number of anilines is 2. The van der Waals surface area contributed by atoms with E-state index in [9.17, 15) is 40.2 Å². The number of nitrogens with zero attached hydrogens (tertiary/aromatic N) is 2. The maximum Gasteiger partial charge on any atom is 0.194 e. The molecule has 2 aromatic carbocycles. The highest BCUT2D eigenvalue weighted by Crippen LogP contribution is 2.32. The molecule has 12 nitrogen and oxygen atoms in total. The molecule has 16 heteroatoms. The third kappa shape index (κ3) is 11.8. The number of nitrogen functional groups attached to an aromatic ring is 2. The van der Waals surface area contributed by atoms with Crippen LogP contribution < -0.4 is 11.5 Å². The van der Waals surface area contributed by atoms with Gasteiger partial charge < -0.3 is 42.1 Å². The predicted molar refractivity (Wildman–Crippen MR) is 222 cm³/mol. The van der Waals surface area contributed by atoms with Gasteiger partial charge in [0.05, 0.1) is 11.4 Å². The zero-order valence-corrected chi connectivity index (χ0v) is 35.8. The fourth-order valence-electron chi connectivity index (χ4n) is 7.65. The smallest absolute Gasteiger partial charge is 0.194 e. The molecule has 2 saturated carbocycles. The summed E-state index contributed by atoms with van der Waals surface area (Å²) < 4.78 is 0.836. The molecule has 0 saturated heterocycles. The number of carbonyl (C=O) groups excluding carboxylic acids is 2. The van der Waals surface area contributed by atoms with Crippen LogP contribution in [0.25, 0.3) is 0 Å².